The fourth-order valence-corrected chi connectivity index (χ4v) is 0.676. The van der Waals surface area contributed by atoms with Crippen LogP contribution in [0.2, 0.25) is 0 Å². The second kappa shape index (κ2) is 5.23. The van der Waals surface area contributed by atoms with Gasteiger partial charge >= 0.3 is 0 Å². The summed E-state index contributed by atoms with van der Waals surface area (Å²) in [5.41, 5.74) is 2.04. The minimum absolute atomic E-state index is 0.0796. The molecule has 0 rings (SSSR count). The second-order valence-corrected chi connectivity index (χ2v) is 2.73. The summed E-state index contributed by atoms with van der Waals surface area (Å²) < 4.78 is 0. The third kappa shape index (κ3) is 4.89. The van der Waals surface area contributed by atoms with Crippen molar-refractivity contribution in [3.05, 3.63) is 0 Å². The molecule has 0 aromatic rings. The Balaban J connectivity index is 3.45. The van der Waals surface area contributed by atoms with Gasteiger partial charge in [0.25, 0.3) is 0 Å². The fourth-order valence-electron chi connectivity index (χ4n) is 0.676. The van der Waals surface area contributed by atoms with Crippen LogP contribution in [0.25, 0.3) is 0 Å². The molecule has 0 spiro atoms. The summed E-state index contributed by atoms with van der Waals surface area (Å²) in [5, 5.41) is 17.4. The first-order chi connectivity index (χ1) is 5.07. The Bertz CT molecular complexity index is 127. The van der Waals surface area contributed by atoms with E-state index in [1.807, 2.05) is 5.48 Å². The molecule has 0 saturated heterocycles. The van der Waals surface area contributed by atoms with E-state index in [2.05, 4.69) is 0 Å². The Morgan fingerprint density at radius 2 is 2.09 bits per heavy atom. The predicted octanol–water partition coefficient (Wildman–Crippen LogP) is 0.0838. The van der Waals surface area contributed by atoms with Gasteiger partial charge in [0.15, 0.2) is 5.78 Å². The maximum absolute atomic E-state index is 10.5. The predicted molar refractivity (Wildman–Crippen MR) is 40.3 cm³/mol. The van der Waals surface area contributed by atoms with Gasteiger partial charge < -0.3 is 10.3 Å². The molecular formula is C7H15NO3. The Kier molecular flexibility index (Phi) is 5.02. The lowest BCUT2D eigenvalue weighted by Crippen LogP contribution is -2.25. The maximum Gasteiger partial charge on any atom is 0.158 e. The van der Waals surface area contributed by atoms with Crippen molar-refractivity contribution >= 4 is 5.78 Å². The number of Topliss-reactive ketones (excluding diaryl/α,β-unsaturated/α-hetero) is 1. The van der Waals surface area contributed by atoms with E-state index in [1.165, 1.54) is 6.92 Å². The van der Waals surface area contributed by atoms with Gasteiger partial charge in [0.1, 0.15) is 6.10 Å². The summed E-state index contributed by atoms with van der Waals surface area (Å²) >= 11 is 0. The highest BCUT2D eigenvalue weighted by Gasteiger charge is 2.10. The summed E-state index contributed by atoms with van der Waals surface area (Å²) in [5.74, 6) is -0.227. The summed E-state index contributed by atoms with van der Waals surface area (Å²) in [6, 6.07) is -0.0796. The Morgan fingerprint density at radius 1 is 1.55 bits per heavy atom. The molecule has 0 heterocycles. The first-order valence-corrected chi connectivity index (χ1v) is 3.66. The highest BCUT2D eigenvalue weighted by molar-refractivity contribution is 5.79. The molecule has 2 atom stereocenters. The molecule has 0 bridgehead atoms. The number of hydrogen-bond acceptors (Lipinski definition) is 4. The van der Waals surface area contributed by atoms with E-state index in [4.69, 9.17) is 10.3 Å². The molecule has 3 N–H and O–H groups in total. The molecule has 4 heteroatoms. The lowest BCUT2D eigenvalue weighted by atomic mass is 10.1. The summed E-state index contributed by atoms with van der Waals surface area (Å²) in [7, 11) is 0. The van der Waals surface area contributed by atoms with Gasteiger partial charge in [0.05, 0.1) is 0 Å². The smallest absolute Gasteiger partial charge is 0.158 e. The zero-order valence-corrected chi connectivity index (χ0v) is 6.87. The van der Waals surface area contributed by atoms with E-state index in [-0.39, 0.29) is 11.8 Å². The van der Waals surface area contributed by atoms with Gasteiger partial charge in [0, 0.05) is 6.04 Å². The highest BCUT2D eigenvalue weighted by Crippen LogP contribution is 2.01. The molecule has 0 radical (unpaired) electrons. The fraction of sp³-hybridized carbons (Fsp3) is 0.857. The van der Waals surface area contributed by atoms with E-state index >= 15 is 0 Å². The molecule has 4 nitrogen and oxygen atoms in total. The molecule has 0 aliphatic heterocycles. The van der Waals surface area contributed by atoms with Crippen LogP contribution in [-0.4, -0.2) is 28.2 Å². The van der Waals surface area contributed by atoms with Gasteiger partial charge in [-0.2, -0.15) is 0 Å². The first-order valence-electron chi connectivity index (χ1n) is 3.66. The van der Waals surface area contributed by atoms with Crippen LogP contribution >= 0.6 is 0 Å². The van der Waals surface area contributed by atoms with Crippen molar-refractivity contribution in [1.29, 1.82) is 0 Å². The number of rotatable bonds is 5. The molecular weight excluding hydrogens is 146 g/mol. The molecule has 0 aromatic carbocycles. The molecule has 0 aromatic heterocycles. The largest absolute Gasteiger partial charge is 0.385 e. The van der Waals surface area contributed by atoms with Crippen molar-refractivity contribution in [3.8, 4) is 0 Å². The topological polar surface area (TPSA) is 69.6 Å². The molecule has 0 amide bonds. The number of aliphatic hydroxyl groups excluding tert-OH is 1. The van der Waals surface area contributed by atoms with Gasteiger partial charge in [-0.15, -0.1) is 0 Å². The van der Waals surface area contributed by atoms with Crippen LogP contribution in [0.15, 0.2) is 0 Å². The van der Waals surface area contributed by atoms with Crippen molar-refractivity contribution in [3.63, 3.8) is 0 Å². The highest BCUT2D eigenvalue weighted by atomic mass is 16.5. The zero-order chi connectivity index (χ0) is 8.85. The number of carbonyl (C=O) groups is 1. The number of ketones is 1. The molecule has 0 fully saturated rings. The standard InChI is InChI=1S/C7H15NO3/c1-5(8-11)3-4-7(10)6(2)9/h5,7-8,10-11H,3-4H2,1-2H3. The van der Waals surface area contributed by atoms with Crippen molar-refractivity contribution in [2.24, 2.45) is 0 Å². The number of aliphatic hydroxyl groups is 1. The van der Waals surface area contributed by atoms with Crippen molar-refractivity contribution in [2.45, 2.75) is 38.8 Å². The van der Waals surface area contributed by atoms with E-state index < -0.39 is 6.10 Å². The van der Waals surface area contributed by atoms with Crippen LogP contribution in [0.3, 0.4) is 0 Å². The monoisotopic (exact) mass is 161 g/mol. The Labute approximate surface area is 66.2 Å². The number of carbonyl (C=O) groups excluding carboxylic acids is 1. The van der Waals surface area contributed by atoms with E-state index in [9.17, 15) is 4.79 Å². The molecule has 66 valence electrons. The number of nitrogens with one attached hydrogen (secondary N) is 1. The second-order valence-electron chi connectivity index (χ2n) is 2.73. The molecule has 11 heavy (non-hydrogen) atoms. The van der Waals surface area contributed by atoms with Crippen LogP contribution in [0.4, 0.5) is 0 Å². The van der Waals surface area contributed by atoms with E-state index in [0.717, 1.165) is 0 Å². The van der Waals surface area contributed by atoms with Crippen LogP contribution < -0.4 is 5.48 Å². The normalized spacial score (nSPS) is 16.0. The van der Waals surface area contributed by atoms with Crippen LogP contribution in [0.1, 0.15) is 26.7 Å². The van der Waals surface area contributed by atoms with E-state index in [1.54, 1.807) is 6.92 Å². The molecule has 2 unspecified atom stereocenters. The molecule has 0 saturated carbocycles. The van der Waals surface area contributed by atoms with Gasteiger partial charge in [-0.25, -0.2) is 5.48 Å². The third-order valence-corrected chi connectivity index (χ3v) is 1.56. The summed E-state index contributed by atoms with van der Waals surface area (Å²) in [6.07, 6.45) is 0.0900. The minimum Gasteiger partial charge on any atom is -0.385 e. The van der Waals surface area contributed by atoms with Crippen molar-refractivity contribution < 1.29 is 15.1 Å². The van der Waals surface area contributed by atoms with Crippen molar-refractivity contribution in [1.82, 2.24) is 5.48 Å². The maximum atomic E-state index is 10.5. The van der Waals surface area contributed by atoms with Crippen LogP contribution in [-0.2, 0) is 4.79 Å². The van der Waals surface area contributed by atoms with Gasteiger partial charge in [0.2, 0.25) is 0 Å². The van der Waals surface area contributed by atoms with Crippen LogP contribution in [0.5, 0.6) is 0 Å². The quantitative estimate of drug-likeness (QED) is 0.499. The SMILES string of the molecule is CC(=O)C(O)CCC(C)NO. The summed E-state index contributed by atoms with van der Waals surface area (Å²) in [6.45, 7) is 3.12. The third-order valence-electron chi connectivity index (χ3n) is 1.56. The molecule has 0 aliphatic rings. The average molecular weight is 161 g/mol. The Morgan fingerprint density at radius 3 is 2.45 bits per heavy atom. The van der Waals surface area contributed by atoms with Gasteiger partial charge in [-0.3, -0.25) is 4.79 Å². The lowest BCUT2D eigenvalue weighted by Gasteiger charge is -2.10. The Hall–Kier alpha value is -0.450. The van der Waals surface area contributed by atoms with Crippen molar-refractivity contribution in [2.75, 3.05) is 0 Å². The number of hydrogen-bond donors (Lipinski definition) is 3. The van der Waals surface area contributed by atoms with Gasteiger partial charge in [-0.05, 0) is 26.7 Å². The van der Waals surface area contributed by atoms with Gasteiger partial charge in [-0.1, -0.05) is 0 Å². The van der Waals surface area contributed by atoms with Crippen LogP contribution in [0, 0.1) is 0 Å². The number of hydroxylamine groups is 1. The van der Waals surface area contributed by atoms with E-state index in [0.29, 0.717) is 12.8 Å². The molecule has 0 aliphatic carbocycles. The zero-order valence-electron chi connectivity index (χ0n) is 6.87. The first kappa shape index (κ1) is 10.6. The average Bonchev–Trinajstić information content (AvgIpc) is 1.99. The summed E-state index contributed by atoms with van der Waals surface area (Å²) in [4.78, 5) is 10.5. The lowest BCUT2D eigenvalue weighted by molar-refractivity contribution is -0.125. The minimum atomic E-state index is -0.884.